The number of benzene rings is 1. The zero-order valence-corrected chi connectivity index (χ0v) is 26.1. The van der Waals surface area contributed by atoms with Crippen LogP contribution in [-0.4, -0.2) is 54.7 Å². The molecule has 0 unspecified atom stereocenters. The molecule has 0 saturated heterocycles. The molecule has 12 heteroatoms. The van der Waals surface area contributed by atoms with Crippen LogP contribution in [0.4, 0.5) is 4.79 Å². The van der Waals surface area contributed by atoms with E-state index in [1.54, 1.807) is 51.8 Å². The van der Waals surface area contributed by atoms with Gasteiger partial charge < -0.3 is 23.8 Å². The number of rotatable bonds is 9. The molecule has 4 aromatic heterocycles. The third-order valence-corrected chi connectivity index (χ3v) is 6.71. The number of carbonyl (C=O) groups is 2. The summed E-state index contributed by atoms with van der Waals surface area (Å²) in [6.07, 6.45) is 2.61. The fraction of sp³-hybridized carbons (Fsp3) is 0.303. The number of hydrogen-bond donors (Lipinski definition) is 1. The number of pyridine rings is 2. The Morgan fingerprint density at radius 2 is 1.67 bits per heavy atom. The van der Waals surface area contributed by atoms with E-state index in [-0.39, 0.29) is 29.3 Å². The normalized spacial score (nSPS) is 12.8. The second kappa shape index (κ2) is 12.7. The van der Waals surface area contributed by atoms with Crippen molar-refractivity contribution in [1.29, 1.82) is 0 Å². The summed E-state index contributed by atoms with van der Waals surface area (Å²) in [4.78, 5) is 41.4. The molecule has 0 bridgehead atoms. The number of aryl methyl sites for hydroxylation is 1. The van der Waals surface area contributed by atoms with Crippen LogP contribution >= 0.6 is 0 Å². The Kier molecular flexibility index (Phi) is 8.75. The van der Waals surface area contributed by atoms with Gasteiger partial charge in [-0.05, 0) is 64.4 Å². The fourth-order valence-electron chi connectivity index (χ4n) is 4.70. The average molecular weight is 610 g/mol. The van der Waals surface area contributed by atoms with Gasteiger partial charge in [0.2, 0.25) is 11.8 Å². The van der Waals surface area contributed by atoms with E-state index in [1.165, 1.54) is 12.5 Å². The number of aromatic nitrogens is 5. The van der Waals surface area contributed by atoms with Crippen LogP contribution in [-0.2, 0) is 23.2 Å². The summed E-state index contributed by atoms with van der Waals surface area (Å²) in [6, 6.07) is 18.4. The highest BCUT2D eigenvalue weighted by molar-refractivity contribution is 5.95. The number of amides is 2. The predicted octanol–water partition coefficient (Wildman–Crippen LogP) is 5.74. The van der Waals surface area contributed by atoms with Gasteiger partial charge in [0, 0.05) is 24.7 Å². The number of alkyl carbamates (subject to hydrolysis) is 1. The summed E-state index contributed by atoms with van der Waals surface area (Å²) in [6.45, 7) is 9.33. The van der Waals surface area contributed by atoms with E-state index in [2.05, 4.69) is 30.5 Å². The van der Waals surface area contributed by atoms with Crippen LogP contribution in [0.1, 0.15) is 60.9 Å². The summed E-state index contributed by atoms with van der Waals surface area (Å²) in [5.74, 6) is 0.107. The Morgan fingerprint density at radius 1 is 0.933 bits per heavy atom. The molecule has 5 rings (SSSR count). The number of carbonyl (C=O) groups excluding carboxylic acids is 2. The minimum atomic E-state index is -1.14. The number of ether oxygens (including phenoxy) is 1. The first-order valence-electron chi connectivity index (χ1n) is 14.4. The van der Waals surface area contributed by atoms with Crippen molar-refractivity contribution in [2.45, 2.75) is 58.7 Å². The number of hydrogen-bond acceptors (Lipinski definition) is 10. The molecule has 0 radical (unpaired) electrons. The van der Waals surface area contributed by atoms with Gasteiger partial charge in [0.1, 0.15) is 28.8 Å². The largest absolute Gasteiger partial charge is 0.444 e. The summed E-state index contributed by atoms with van der Waals surface area (Å²) in [7, 11) is 1.69. The maximum absolute atomic E-state index is 13.6. The highest BCUT2D eigenvalue weighted by Crippen LogP contribution is 2.30. The van der Waals surface area contributed by atoms with E-state index in [1.807, 2.05) is 55.5 Å². The summed E-state index contributed by atoms with van der Waals surface area (Å²) < 4.78 is 17.2. The van der Waals surface area contributed by atoms with Crippen LogP contribution < -0.4 is 5.32 Å². The quantitative estimate of drug-likeness (QED) is 0.219. The molecule has 0 aliphatic carbocycles. The Balaban J connectivity index is 1.50. The van der Waals surface area contributed by atoms with E-state index in [0.717, 1.165) is 17.0 Å². The van der Waals surface area contributed by atoms with Crippen LogP contribution in [0.15, 0.2) is 82.0 Å². The number of oxazole rings is 1. The number of nitrogens with zero attached hydrogens (tertiary/aromatic N) is 6. The van der Waals surface area contributed by atoms with Gasteiger partial charge in [0.05, 0.1) is 18.4 Å². The van der Waals surface area contributed by atoms with Crippen molar-refractivity contribution < 1.29 is 23.2 Å². The van der Waals surface area contributed by atoms with Crippen molar-refractivity contribution in [1.82, 2.24) is 35.4 Å². The molecule has 4 heterocycles. The van der Waals surface area contributed by atoms with Crippen molar-refractivity contribution in [2.75, 3.05) is 7.05 Å². The van der Waals surface area contributed by atoms with Gasteiger partial charge in [-0.2, -0.15) is 0 Å². The Labute approximate surface area is 260 Å². The molecule has 0 saturated carbocycles. The minimum absolute atomic E-state index is 0.0423. The van der Waals surface area contributed by atoms with Crippen LogP contribution in [0.3, 0.4) is 0 Å². The lowest BCUT2D eigenvalue weighted by Crippen LogP contribution is -2.47. The van der Waals surface area contributed by atoms with Crippen LogP contribution in [0.5, 0.6) is 0 Å². The van der Waals surface area contributed by atoms with Gasteiger partial charge in [-0.25, -0.2) is 14.8 Å². The molecule has 1 aromatic carbocycles. The van der Waals surface area contributed by atoms with Crippen molar-refractivity contribution in [3.8, 4) is 23.2 Å². The fourth-order valence-corrected chi connectivity index (χ4v) is 4.70. The molecule has 12 nitrogen and oxygen atoms in total. The highest BCUT2D eigenvalue weighted by atomic mass is 16.6. The van der Waals surface area contributed by atoms with Gasteiger partial charge in [-0.1, -0.05) is 36.4 Å². The second-order valence-corrected chi connectivity index (χ2v) is 11.9. The first-order chi connectivity index (χ1) is 21.4. The van der Waals surface area contributed by atoms with E-state index in [0.29, 0.717) is 24.2 Å². The van der Waals surface area contributed by atoms with E-state index >= 15 is 0 Å². The van der Waals surface area contributed by atoms with Gasteiger partial charge in [-0.15, -0.1) is 10.2 Å². The SMILES string of the molecule is Cc1cccc(CN(C)C(=O)c2cc(-c3ncco3)nc(-c3nnc([C@@](C)(Cc4ccccc4)NC(=O)OC(C)(C)C)o3)c2)n1. The van der Waals surface area contributed by atoms with Crippen molar-refractivity contribution in [3.05, 3.63) is 102 Å². The molecular weight excluding hydrogens is 574 g/mol. The second-order valence-electron chi connectivity index (χ2n) is 11.9. The third kappa shape index (κ3) is 7.77. The average Bonchev–Trinajstić information content (AvgIpc) is 3.70. The molecule has 5 aromatic rings. The van der Waals surface area contributed by atoms with Crippen molar-refractivity contribution in [3.63, 3.8) is 0 Å². The predicted molar refractivity (Wildman–Crippen MR) is 165 cm³/mol. The smallest absolute Gasteiger partial charge is 0.408 e. The van der Waals surface area contributed by atoms with Gasteiger partial charge >= 0.3 is 6.09 Å². The van der Waals surface area contributed by atoms with Crippen LogP contribution in [0.2, 0.25) is 0 Å². The molecule has 232 valence electrons. The van der Waals surface area contributed by atoms with Crippen molar-refractivity contribution in [2.24, 2.45) is 0 Å². The maximum atomic E-state index is 13.6. The molecule has 2 amide bonds. The van der Waals surface area contributed by atoms with Gasteiger partial charge in [-0.3, -0.25) is 9.78 Å². The lowest BCUT2D eigenvalue weighted by molar-refractivity contribution is 0.0443. The highest BCUT2D eigenvalue weighted by Gasteiger charge is 2.37. The topological polar surface area (TPSA) is 149 Å². The summed E-state index contributed by atoms with van der Waals surface area (Å²) in [5.41, 5.74) is 1.53. The van der Waals surface area contributed by atoms with E-state index < -0.39 is 17.2 Å². The molecule has 1 N–H and O–H groups in total. The van der Waals surface area contributed by atoms with Gasteiger partial charge in [0.25, 0.3) is 11.8 Å². The first-order valence-corrected chi connectivity index (χ1v) is 14.4. The summed E-state index contributed by atoms with van der Waals surface area (Å²) in [5, 5.41) is 11.5. The molecule has 0 spiro atoms. The first kappa shape index (κ1) is 31.0. The lowest BCUT2D eigenvalue weighted by Gasteiger charge is -2.29. The van der Waals surface area contributed by atoms with E-state index in [9.17, 15) is 9.59 Å². The summed E-state index contributed by atoms with van der Waals surface area (Å²) >= 11 is 0. The molecule has 1 atom stereocenters. The zero-order chi connectivity index (χ0) is 32.2. The number of nitrogens with one attached hydrogen (secondary N) is 1. The Hall–Kier alpha value is -5.39. The minimum Gasteiger partial charge on any atom is -0.444 e. The Bertz CT molecular complexity index is 1780. The third-order valence-electron chi connectivity index (χ3n) is 6.71. The van der Waals surface area contributed by atoms with Crippen LogP contribution in [0, 0.1) is 6.92 Å². The van der Waals surface area contributed by atoms with Gasteiger partial charge in [0.15, 0.2) is 0 Å². The standard InChI is InChI=1S/C33H35N7O5/c1-21-11-10-14-24(35-21)20-40(6)29(41)23-17-25(27-34-15-16-43-27)36-26(18-23)28-38-39-30(44-28)33(5,19-22-12-8-7-9-13-22)37-31(42)45-32(2,3)4/h7-18H,19-20H2,1-6H3,(H,37,42)/t33-/m1/s1. The molecular formula is C33H35N7O5. The molecule has 45 heavy (non-hydrogen) atoms. The van der Waals surface area contributed by atoms with Crippen LogP contribution in [0.25, 0.3) is 23.2 Å². The molecule has 0 aliphatic rings. The monoisotopic (exact) mass is 609 g/mol. The lowest BCUT2D eigenvalue weighted by atomic mass is 9.92. The Morgan fingerprint density at radius 3 is 2.33 bits per heavy atom. The molecule has 0 aliphatic heterocycles. The van der Waals surface area contributed by atoms with E-state index in [4.69, 9.17) is 13.6 Å². The maximum Gasteiger partial charge on any atom is 0.408 e. The molecule has 0 fully saturated rings. The van der Waals surface area contributed by atoms with Crippen molar-refractivity contribution >= 4 is 12.0 Å². The zero-order valence-electron chi connectivity index (χ0n) is 26.1.